The molecule has 18 heavy (non-hydrogen) atoms. The molecule has 0 bridgehead atoms. The van der Waals surface area contributed by atoms with Gasteiger partial charge in [0.05, 0.1) is 5.69 Å². The number of nitrogens with zero attached hydrogens (tertiary/aromatic N) is 5. The van der Waals surface area contributed by atoms with Crippen molar-refractivity contribution in [3.05, 3.63) is 23.9 Å². The molecule has 2 aromatic heterocycles. The molecule has 0 aliphatic rings. The van der Waals surface area contributed by atoms with Crippen molar-refractivity contribution in [1.29, 1.82) is 0 Å². The zero-order chi connectivity index (χ0) is 12.8. The van der Waals surface area contributed by atoms with Gasteiger partial charge in [0.15, 0.2) is 0 Å². The Hall–Kier alpha value is -1.63. The largest absolute Gasteiger partial charge is 0.370 e. The highest BCUT2D eigenvalue weighted by Crippen LogP contribution is 2.18. The number of thioether (sulfide) groups is 1. The molecule has 0 spiro atoms. The van der Waals surface area contributed by atoms with E-state index in [1.165, 1.54) is 0 Å². The summed E-state index contributed by atoms with van der Waals surface area (Å²) in [5, 5.41) is 15.4. The van der Waals surface area contributed by atoms with Gasteiger partial charge in [-0.25, -0.2) is 9.67 Å². The number of rotatable bonds is 6. The van der Waals surface area contributed by atoms with Crippen LogP contribution in [-0.2, 0) is 12.8 Å². The number of anilines is 1. The maximum Gasteiger partial charge on any atom is 0.209 e. The summed E-state index contributed by atoms with van der Waals surface area (Å²) in [7, 11) is 1.83. The SMILES string of the molecule is CCCNc1cccc(CSc2nnnn2C)n1. The first-order valence-corrected chi connectivity index (χ1v) is 6.83. The molecule has 96 valence electrons. The third-order valence-electron chi connectivity index (χ3n) is 2.29. The van der Waals surface area contributed by atoms with Crippen LogP contribution in [0.2, 0.25) is 0 Å². The Labute approximate surface area is 110 Å². The lowest BCUT2D eigenvalue weighted by atomic mass is 10.3. The van der Waals surface area contributed by atoms with Gasteiger partial charge in [0.25, 0.3) is 0 Å². The number of nitrogens with one attached hydrogen (secondary N) is 1. The van der Waals surface area contributed by atoms with E-state index >= 15 is 0 Å². The summed E-state index contributed by atoms with van der Waals surface area (Å²) in [5.74, 6) is 1.68. The van der Waals surface area contributed by atoms with Crippen LogP contribution >= 0.6 is 11.8 Å². The summed E-state index contributed by atoms with van der Waals surface area (Å²) in [6, 6.07) is 6.00. The van der Waals surface area contributed by atoms with Gasteiger partial charge in [0.2, 0.25) is 5.16 Å². The smallest absolute Gasteiger partial charge is 0.209 e. The number of hydrogen-bond donors (Lipinski definition) is 1. The number of pyridine rings is 1. The van der Waals surface area contributed by atoms with Gasteiger partial charge in [-0.05, 0) is 29.0 Å². The van der Waals surface area contributed by atoms with E-state index in [9.17, 15) is 0 Å². The number of tetrazole rings is 1. The minimum Gasteiger partial charge on any atom is -0.370 e. The van der Waals surface area contributed by atoms with E-state index in [2.05, 4.69) is 32.7 Å². The Morgan fingerprint density at radius 1 is 1.39 bits per heavy atom. The number of aromatic nitrogens is 5. The molecule has 1 N–H and O–H groups in total. The molecule has 0 fully saturated rings. The van der Waals surface area contributed by atoms with Crippen LogP contribution < -0.4 is 5.32 Å². The Morgan fingerprint density at radius 3 is 3.00 bits per heavy atom. The summed E-state index contributed by atoms with van der Waals surface area (Å²) in [4.78, 5) is 4.53. The van der Waals surface area contributed by atoms with Crippen LogP contribution in [0.5, 0.6) is 0 Å². The van der Waals surface area contributed by atoms with Crippen LogP contribution in [-0.4, -0.2) is 31.7 Å². The molecular formula is C11H16N6S. The molecule has 0 aliphatic heterocycles. The van der Waals surface area contributed by atoms with E-state index < -0.39 is 0 Å². The standard InChI is InChI=1S/C11H16N6S/c1-3-7-12-10-6-4-5-9(13-10)8-18-11-14-15-16-17(11)2/h4-6H,3,7-8H2,1-2H3,(H,12,13). The number of hydrogen-bond acceptors (Lipinski definition) is 6. The molecule has 0 aromatic carbocycles. The Bertz CT molecular complexity index is 498. The maximum absolute atomic E-state index is 4.53. The van der Waals surface area contributed by atoms with Crippen molar-refractivity contribution in [3.8, 4) is 0 Å². The van der Waals surface area contributed by atoms with Crippen LogP contribution in [0.3, 0.4) is 0 Å². The van der Waals surface area contributed by atoms with Gasteiger partial charge in [0.1, 0.15) is 5.82 Å². The molecule has 2 rings (SSSR count). The first kappa shape index (κ1) is 12.8. The van der Waals surface area contributed by atoms with Crippen LogP contribution in [0, 0.1) is 0 Å². The van der Waals surface area contributed by atoms with Crippen molar-refractivity contribution in [1.82, 2.24) is 25.2 Å². The van der Waals surface area contributed by atoms with Crippen molar-refractivity contribution in [2.24, 2.45) is 7.05 Å². The third kappa shape index (κ3) is 3.43. The molecule has 2 heterocycles. The normalized spacial score (nSPS) is 10.6. The summed E-state index contributed by atoms with van der Waals surface area (Å²) in [5.41, 5.74) is 1.02. The molecule has 0 unspecified atom stereocenters. The van der Waals surface area contributed by atoms with Crippen molar-refractivity contribution in [2.75, 3.05) is 11.9 Å². The summed E-state index contributed by atoms with van der Waals surface area (Å²) < 4.78 is 1.66. The Morgan fingerprint density at radius 2 is 2.28 bits per heavy atom. The quantitative estimate of drug-likeness (QED) is 0.801. The molecule has 0 saturated carbocycles. The predicted octanol–water partition coefficient (Wildman–Crippen LogP) is 1.72. The molecule has 0 saturated heterocycles. The van der Waals surface area contributed by atoms with Crippen molar-refractivity contribution >= 4 is 17.6 Å². The monoisotopic (exact) mass is 264 g/mol. The minimum absolute atomic E-state index is 0.760. The van der Waals surface area contributed by atoms with Gasteiger partial charge in [0, 0.05) is 19.3 Å². The molecule has 0 amide bonds. The fourth-order valence-corrected chi connectivity index (χ4v) is 2.15. The third-order valence-corrected chi connectivity index (χ3v) is 3.34. The molecule has 0 radical (unpaired) electrons. The van der Waals surface area contributed by atoms with E-state index in [-0.39, 0.29) is 0 Å². The summed E-state index contributed by atoms with van der Waals surface area (Å²) >= 11 is 1.58. The van der Waals surface area contributed by atoms with Crippen LogP contribution in [0.15, 0.2) is 23.4 Å². The highest BCUT2D eigenvalue weighted by molar-refractivity contribution is 7.98. The lowest BCUT2D eigenvalue weighted by molar-refractivity contribution is 0.664. The fourth-order valence-electron chi connectivity index (χ4n) is 1.39. The molecule has 0 aliphatic carbocycles. The molecule has 2 aromatic rings. The van der Waals surface area contributed by atoms with Gasteiger partial charge in [-0.2, -0.15) is 0 Å². The molecule has 7 heteroatoms. The fraction of sp³-hybridized carbons (Fsp3) is 0.455. The van der Waals surface area contributed by atoms with Gasteiger partial charge < -0.3 is 5.32 Å². The van der Waals surface area contributed by atoms with E-state index in [1.54, 1.807) is 16.4 Å². The molecule has 6 nitrogen and oxygen atoms in total. The average Bonchev–Trinajstić information content (AvgIpc) is 2.80. The average molecular weight is 264 g/mol. The first-order chi connectivity index (χ1) is 8.79. The van der Waals surface area contributed by atoms with Crippen molar-refractivity contribution < 1.29 is 0 Å². The van der Waals surface area contributed by atoms with Crippen LogP contribution in [0.1, 0.15) is 19.0 Å². The Kier molecular flexibility index (Phi) is 4.52. The molecule has 0 atom stereocenters. The topological polar surface area (TPSA) is 68.5 Å². The molecular weight excluding hydrogens is 248 g/mol. The van der Waals surface area contributed by atoms with Gasteiger partial charge in [-0.1, -0.05) is 24.8 Å². The van der Waals surface area contributed by atoms with Crippen LogP contribution in [0.25, 0.3) is 0 Å². The second kappa shape index (κ2) is 6.34. The summed E-state index contributed by atoms with van der Waals surface area (Å²) in [6.07, 6.45) is 1.09. The van der Waals surface area contributed by atoms with E-state index in [0.717, 1.165) is 35.4 Å². The predicted molar refractivity (Wildman–Crippen MR) is 71.4 cm³/mol. The van der Waals surface area contributed by atoms with Gasteiger partial charge in [-0.3, -0.25) is 0 Å². The highest BCUT2D eigenvalue weighted by Gasteiger charge is 2.04. The zero-order valence-electron chi connectivity index (χ0n) is 10.5. The van der Waals surface area contributed by atoms with Crippen molar-refractivity contribution in [2.45, 2.75) is 24.3 Å². The van der Waals surface area contributed by atoms with Crippen molar-refractivity contribution in [3.63, 3.8) is 0 Å². The van der Waals surface area contributed by atoms with E-state index in [1.807, 2.05) is 25.2 Å². The van der Waals surface area contributed by atoms with Gasteiger partial charge in [-0.15, -0.1) is 5.10 Å². The van der Waals surface area contributed by atoms with Crippen LogP contribution in [0.4, 0.5) is 5.82 Å². The second-order valence-electron chi connectivity index (χ2n) is 3.81. The highest BCUT2D eigenvalue weighted by atomic mass is 32.2. The minimum atomic E-state index is 0.760. The van der Waals surface area contributed by atoms with Gasteiger partial charge >= 0.3 is 0 Å². The van der Waals surface area contributed by atoms with E-state index in [4.69, 9.17) is 0 Å². The first-order valence-electron chi connectivity index (χ1n) is 5.84. The van der Waals surface area contributed by atoms with E-state index in [0.29, 0.717) is 0 Å². The summed E-state index contributed by atoms with van der Waals surface area (Å²) in [6.45, 7) is 3.07. The maximum atomic E-state index is 4.53. The lowest BCUT2D eigenvalue weighted by Crippen LogP contribution is -2.02. The second-order valence-corrected chi connectivity index (χ2v) is 4.76. The zero-order valence-corrected chi connectivity index (χ0v) is 11.3. The number of aryl methyl sites for hydroxylation is 1. The Balaban J connectivity index is 1.95. The lowest BCUT2D eigenvalue weighted by Gasteiger charge is -2.05.